The number of aryl methyl sites for hydroxylation is 1. The lowest BCUT2D eigenvalue weighted by molar-refractivity contribution is -0.118. The zero-order valence-electron chi connectivity index (χ0n) is 14.9. The third kappa shape index (κ3) is 4.79. The van der Waals surface area contributed by atoms with Crippen molar-refractivity contribution in [1.82, 2.24) is 0 Å². The first-order chi connectivity index (χ1) is 13.4. The summed E-state index contributed by atoms with van der Waals surface area (Å²) < 4.78 is 10.8. The van der Waals surface area contributed by atoms with Crippen molar-refractivity contribution in [2.75, 3.05) is 11.9 Å². The Morgan fingerprint density at radius 2 is 1.82 bits per heavy atom. The van der Waals surface area contributed by atoms with E-state index >= 15 is 0 Å². The van der Waals surface area contributed by atoms with Crippen molar-refractivity contribution in [2.24, 2.45) is 0 Å². The fraction of sp³-hybridized carbons (Fsp3) is 0.200. The molecule has 1 N–H and O–H groups in total. The predicted octanol–water partition coefficient (Wildman–Crippen LogP) is 5.72. The zero-order chi connectivity index (χ0) is 20.3. The first-order valence-corrected chi connectivity index (χ1v) is 9.64. The minimum Gasteiger partial charge on any atom is -0.484 e. The fourth-order valence-electron chi connectivity index (χ4n) is 2.76. The number of anilines is 1. The zero-order valence-corrected chi connectivity index (χ0v) is 17.1. The average molecular weight is 441 g/mol. The van der Waals surface area contributed by atoms with Gasteiger partial charge >= 0.3 is 5.63 Å². The van der Waals surface area contributed by atoms with Crippen molar-refractivity contribution in [2.45, 2.75) is 19.8 Å². The number of nitrogens with one attached hydrogen (secondary N) is 1. The van der Waals surface area contributed by atoms with Crippen LogP contribution in [0.5, 0.6) is 5.75 Å². The molecule has 3 rings (SSSR count). The van der Waals surface area contributed by atoms with Gasteiger partial charge in [0, 0.05) is 22.5 Å². The molecule has 1 amide bonds. The van der Waals surface area contributed by atoms with Crippen LogP contribution in [-0.2, 0) is 11.2 Å². The molecule has 28 heavy (non-hydrogen) atoms. The minimum absolute atomic E-state index is 0.224. The highest BCUT2D eigenvalue weighted by Gasteiger charge is 2.13. The molecule has 3 aromatic rings. The number of hydrogen-bond acceptors (Lipinski definition) is 4. The molecule has 0 fully saturated rings. The lowest BCUT2D eigenvalue weighted by atomic mass is 10.1. The van der Waals surface area contributed by atoms with Crippen LogP contribution in [0.1, 0.15) is 18.9 Å². The highest BCUT2D eigenvalue weighted by atomic mass is 35.5. The van der Waals surface area contributed by atoms with Gasteiger partial charge in [-0.3, -0.25) is 4.79 Å². The monoisotopic (exact) mass is 439 g/mol. The second-order valence-electron chi connectivity index (χ2n) is 6.08. The summed E-state index contributed by atoms with van der Waals surface area (Å²) in [4.78, 5) is 23.9. The van der Waals surface area contributed by atoms with Crippen molar-refractivity contribution in [1.29, 1.82) is 0 Å². The second-order valence-corrected chi connectivity index (χ2v) is 7.33. The van der Waals surface area contributed by atoms with Crippen LogP contribution < -0.4 is 15.7 Å². The van der Waals surface area contributed by atoms with Crippen LogP contribution in [0.25, 0.3) is 11.0 Å². The van der Waals surface area contributed by atoms with Crippen molar-refractivity contribution in [3.8, 4) is 5.75 Å². The molecule has 0 saturated heterocycles. The Balaban J connectivity index is 1.73. The van der Waals surface area contributed by atoms with Gasteiger partial charge in [0.2, 0.25) is 0 Å². The number of halogens is 3. The van der Waals surface area contributed by atoms with E-state index in [9.17, 15) is 9.59 Å². The van der Waals surface area contributed by atoms with Gasteiger partial charge in [0.05, 0.1) is 15.7 Å². The summed E-state index contributed by atoms with van der Waals surface area (Å²) in [6.07, 6.45) is 1.68. The SMILES string of the molecule is CCCc1cc(=O)oc2cc(OCC(=O)Nc3c(Cl)cc(Cl)cc3Cl)ccc12. The molecule has 0 aliphatic rings. The van der Waals surface area contributed by atoms with Gasteiger partial charge in [0.25, 0.3) is 5.91 Å². The molecule has 8 heteroatoms. The maximum atomic E-state index is 12.2. The van der Waals surface area contributed by atoms with Gasteiger partial charge in [-0.1, -0.05) is 48.1 Å². The fourth-order valence-corrected chi connectivity index (χ4v) is 3.67. The quantitative estimate of drug-likeness (QED) is 0.497. The van der Waals surface area contributed by atoms with Gasteiger partial charge in [-0.25, -0.2) is 4.79 Å². The van der Waals surface area contributed by atoms with Crippen LogP contribution >= 0.6 is 34.8 Å². The molecular weight excluding hydrogens is 425 g/mol. The number of hydrogen-bond donors (Lipinski definition) is 1. The molecule has 0 saturated carbocycles. The molecule has 0 aliphatic carbocycles. The minimum atomic E-state index is -0.451. The van der Waals surface area contributed by atoms with E-state index in [-0.39, 0.29) is 22.3 Å². The third-order valence-corrected chi connectivity index (χ3v) is 4.78. The molecule has 0 aliphatic heterocycles. The van der Waals surface area contributed by atoms with Gasteiger partial charge in [0.15, 0.2) is 6.61 Å². The maximum Gasteiger partial charge on any atom is 0.336 e. The Labute approximate surface area is 176 Å². The van der Waals surface area contributed by atoms with Crippen LogP contribution in [0.15, 0.2) is 45.6 Å². The summed E-state index contributed by atoms with van der Waals surface area (Å²) in [6, 6.07) is 9.57. The standard InChI is InChI=1S/C20H16Cl3NO4/c1-2-3-11-6-19(26)28-17-9-13(4-5-14(11)17)27-10-18(25)24-20-15(22)7-12(21)8-16(20)23/h4-9H,2-3,10H2,1H3,(H,24,25). The van der Waals surface area contributed by atoms with Crippen molar-refractivity contribution in [3.63, 3.8) is 0 Å². The molecule has 1 heterocycles. The second kappa shape index (κ2) is 8.86. The largest absolute Gasteiger partial charge is 0.484 e. The Bertz CT molecular complexity index is 1070. The smallest absolute Gasteiger partial charge is 0.336 e. The van der Waals surface area contributed by atoms with E-state index in [0.717, 1.165) is 23.8 Å². The highest BCUT2D eigenvalue weighted by molar-refractivity contribution is 6.42. The normalized spacial score (nSPS) is 10.9. The molecule has 1 aromatic heterocycles. The number of benzene rings is 2. The Morgan fingerprint density at radius 1 is 1.11 bits per heavy atom. The molecule has 5 nitrogen and oxygen atoms in total. The number of carbonyl (C=O) groups excluding carboxylic acids is 1. The van der Waals surface area contributed by atoms with Gasteiger partial charge in [-0.15, -0.1) is 0 Å². The van der Waals surface area contributed by atoms with E-state index < -0.39 is 11.5 Å². The lowest BCUT2D eigenvalue weighted by Crippen LogP contribution is -2.20. The Hall–Kier alpha value is -2.21. The van der Waals surface area contributed by atoms with Crippen LogP contribution in [-0.4, -0.2) is 12.5 Å². The molecule has 146 valence electrons. The number of carbonyl (C=O) groups is 1. The van der Waals surface area contributed by atoms with Gasteiger partial charge in [0.1, 0.15) is 11.3 Å². The number of fused-ring (bicyclic) bond motifs is 1. The Morgan fingerprint density at radius 3 is 2.50 bits per heavy atom. The van der Waals surface area contributed by atoms with E-state index in [4.69, 9.17) is 44.0 Å². The molecule has 0 spiro atoms. The molecule has 0 unspecified atom stereocenters. The summed E-state index contributed by atoms with van der Waals surface area (Å²) in [7, 11) is 0. The van der Waals surface area contributed by atoms with Gasteiger partial charge < -0.3 is 14.5 Å². The molecule has 0 bridgehead atoms. The molecule has 2 aromatic carbocycles. The van der Waals surface area contributed by atoms with Crippen LogP contribution in [0.4, 0.5) is 5.69 Å². The van der Waals surface area contributed by atoms with Gasteiger partial charge in [-0.2, -0.15) is 0 Å². The first-order valence-electron chi connectivity index (χ1n) is 8.51. The van der Waals surface area contributed by atoms with E-state index in [2.05, 4.69) is 5.32 Å². The van der Waals surface area contributed by atoms with Crippen molar-refractivity contribution in [3.05, 3.63) is 67.4 Å². The first kappa shape index (κ1) is 20.5. The van der Waals surface area contributed by atoms with Crippen LogP contribution in [0, 0.1) is 0 Å². The summed E-state index contributed by atoms with van der Waals surface area (Å²) in [5.74, 6) is -0.0554. The topological polar surface area (TPSA) is 68.5 Å². The Kier molecular flexibility index (Phi) is 6.50. The van der Waals surface area contributed by atoms with Crippen LogP contribution in [0.2, 0.25) is 15.1 Å². The van der Waals surface area contributed by atoms with E-state index in [1.807, 2.05) is 13.0 Å². The third-order valence-electron chi connectivity index (χ3n) is 3.96. The predicted molar refractivity (Wildman–Crippen MR) is 112 cm³/mol. The molecule has 0 radical (unpaired) electrons. The van der Waals surface area contributed by atoms with Crippen LogP contribution in [0.3, 0.4) is 0 Å². The number of ether oxygens (including phenoxy) is 1. The molecule has 0 atom stereocenters. The molecular formula is C20H16Cl3NO4. The summed E-state index contributed by atoms with van der Waals surface area (Å²) >= 11 is 18.0. The van der Waals surface area contributed by atoms with Crippen molar-refractivity contribution < 1.29 is 13.9 Å². The van der Waals surface area contributed by atoms with E-state index in [1.54, 1.807) is 12.1 Å². The highest BCUT2D eigenvalue weighted by Crippen LogP contribution is 2.33. The summed E-state index contributed by atoms with van der Waals surface area (Å²) in [5.41, 5.74) is 1.18. The summed E-state index contributed by atoms with van der Waals surface area (Å²) in [6.45, 7) is 1.76. The number of rotatable bonds is 6. The van der Waals surface area contributed by atoms with E-state index in [1.165, 1.54) is 18.2 Å². The summed E-state index contributed by atoms with van der Waals surface area (Å²) in [5, 5.41) is 4.25. The lowest BCUT2D eigenvalue weighted by Gasteiger charge is -2.11. The average Bonchev–Trinajstić information content (AvgIpc) is 2.62. The van der Waals surface area contributed by atoms with Crippen molar-refractivity contribution >= 4 is 57.4 Å². The van der Waals surface area contributed by atoms with Gasteiger partial charge in [-0.05, 0) is 36.2 Å². The van der Waals surface area contributed by atoms with E-state index in [0.29, 0.717) is 16.4 Å². The number of amides is 1. The maximum absolute atomic E-state index is 12.2.